The molecule has 1 fully saturated rings. The lowest BCUT2D eigenvalue weighted by molar-refractivity contribution is -0.0402. The van der Waals surface area contributed by atoms with Crippen LogP contribution in [0.1, 0.15) is 23.1 Å². The number of benzene rings is 2. The fourth-order valence-corrected chi connectivity index (χ4v) is 3.90. The van der Waals surface area contributed by atoms with E-state index in [1.54, 1.807) is 7.11 Å². The summed E-state index contributed by atoms with van der Waals surface area (Å²) < 4.78 is 11.0. The predicted octanol–water partition coefficient (Wildman–Crippen LogP) is 3.89. The first-order chi connectivity index (χ1) is 12.3. The van der Waals surface area contributed by atoms with Gasteiger partial charge < -0.3 is 9.47 Å². The van der Waals surface area contributed by atoms with Gasteiger partial charge in [0.1, 0.15) is 0 Å². The average Bonchev–Trinajstić information content (AvgIpc) is 2.63. The molecule has 2 unspecified atom stereocenters. The minimum atomic E-state index is 0.362. The van der Waals surface area contributed by atoms with Crippen molar-refractivity contribution in [1.82, 2.24) is 4.90 Å². The van der Waals surface area contributed by atoms with Crippen molar-refractivity contribution < 1.29 is 9.47 Å². The van der Waals surface area contributed by atoms with E-state index >= 15 is 0 Å². The van der Waals surface area contributed by atoms with Crippen LogP contribution in [0.15, 0.2) is 60.7 Å². The second-order valence-electron chi connectivity index (χ2n) is 6.94. The van der Waals surface area contributed by atoms with Gasteiger partial charge in [0.05, 0.1) is 25.9 Å². The third-order valence-corrected chi connectivity index (χ3v) is 5.19. The third-order valence-electron chi connectivity index (χ3n) is 5.19. The number of ether oxygens (including phenoxy) is 2. The molecule has 2 heterocycles. The van der Waals surface area contributed by atoms with Crippen molar-refractivity contribution >= 4 is 5.57 Å². The summed E-state index contributed by atoms with van der Waals surface area (Å²) in [4.78, 5) is 2.60. The van der Waals surface area contributed by atoms with Gasteiger partial charge in [0.15, 0.2) is 0 Å². The molecule has 2 bridgehead atoms. The fourth-order valence-electron chi connectivity index (χ4n) is 3.90. The van der Waals surface area contributed by atoms with E-state index in [2.05, 4.69) is 65.6 Å². The molecule has 2 aliphatic rings. The summed E-state index contributed by atoms with van der Waals surface area (Å²) in [7, 11) is 1.74. The summed E-state index contributed by atoms with van der Waals surface area (Å²) in [5, 5.41) is 0. The van der Waals surface area contributed by atoms with Crippen LogP contribution in [0.2, 0.25) is 0 Å². The lowest BCUT2D eigenvalue weighted by Gasteiger charge is -2.44. The summed E-state index contributed by atoms with van der Waals surface area (Å²) in [6.07, 6.45) is 3.46. The minimum absolute atomic E-state index is 0.362. The number of hydrogen-bond acceptors (Lipinski definition) is 3. The van der Waals surface area contributed by atoms with E-state index in [-0.39, 0.29) is 0 Å². The molecule has 0 saturated carbocycles. The Kier molecular flexibility index (Phi) is 4.97. The van der Waals surface area contributed by atoms with E-state index < -0.39 is 0 Å². The molecule has 2 atom stereocenters. The monoisotopic (exact) mass is 335 g/mol. The van der Waals surface area contributed by atoms with E-state index in [9.17, 15) is 0 Å². The van der Waals surface area contributed by atoms with E-state index in [1.807, 2.05) is 0 Å². The molecule has 0 amide bonds. The normalized spacial score (nSPS) is 23.3. The molecule has 130 valence electrons. The van der Waals surface area contributed by atoms with Gasteiger partial charge in [0.2, 0.25) is 0 Å². The van der Waals surface area contributed by atoms with E-state index in [4.69, 9.17) is 9.47 Å². The van der Waals surface area contributed by atoms with Gasteiger partial charge in [-0.05, 0) is 28.7 Å². The Morgan fingerprint density at radius 2 is 1.80 bits per heavy atom. The van der Waals surface area contributed by atoms with Crippen LogP contribution in [0.5, 0.6) is 0 Å². The summed E-state index contributed by atoms with van der Waals surface area (Å²) in [6, 6.07) is 20.4. The summed E-state index contributed by atoms with van der Waals surface area (Å²) in [5.41, 5.74) is 5.37. The SMILES string of the molecule is COCc1ccc(C2=CC3COCC(C2)N3Cc2ccccc2)cc1. The molecular formula is C22H25NO2. The average molecular weight is 335 g/mol. The highest BCUT2D eigenvalue weighted by Gasteiger charge is 2.34. The molecule has 4 rings (SSSR count). The summed E-state index contributed by atoms with van der Waals surface area (Å²) >= 11 is 0. The lowest BCUT2D eigenvalue weighted by atomic mass is 9.89. The lowest BCUT2D eigenvalue weighted by Crippen LogP contribution is -2.53. The van der Waals surface area contributed by atoms with Crippen molar-refractivity contribution in [2.24, 2.45) is 0 Å². The molecule has 2 aliphatic heterocycles. The van der Waals surface area contributed by atoms with Gasteiger partial charge in [-0.2, -0.15) is 0 Å². The van der Waals surface area contributed by atoms with Gasteiger partial charge >= 0.3 is 0 Å². The van der Waals surface area contributed by atoms with Gasteiger partial charge in [0.25, 0.3) is 0 Å². The van der Waals surface area contributed by atoms with E-state index in [0.29, 0.717) is 18.7 Å². The Labute approximate surface area is 149 Å². The quantitative estimate of drug-likeness (QED) is 0.827. The van der Waals surface area contributed by atoms with Crippen LogP contribution in [0.4, 0.5) is 0 Å². The maximum atomic E-state index is 5.84. The zero-order chi connectivity index (χ0) is 17.1. The molecule has 3 nitrogen and oxygen atoms in total. The molecule has 0 aromatic heterocycles. The number of fused-ring (bicyclic) bond motifs is 2. The minimum Gasteiger partial charge on any atom is -0.380 e. The van der Waals surface area contributed by atoms with Crippen LogP contribution in [0, 0.1) is 0 Å². The number of morpholine rings is 1. The molecule has 0 N–H and O–H groups in total. The predicted molar refractivity (Wildman–Crippen MR) is 100 cm³/mol. The maximum Gasteiger partial charge on any atom is 0.0713 e. The van der Waals surface area contributed by atoms with Gasteiger partial charge in [-0.3, -0.25) is 4.90 Å². The standard InChI is InChI=1S/C22H25NO2/c1-24-14-18-7-9-19(10-8-18)20-11-21-15-25-16-22(12-20)23(21)13-17-5-3-2-4-6-17/h2-11,21-22H,12-16H2,1H3. The molecule has 2 aromatic rings. The molecule has 0 radical (unpaired) electrons. The Morgan fingerprint density at radius 1 is 1.00 bits per heavy atom. The maximum absolute atomic E-state index is 5.84. The topological polar surface area (TPSA) is 21.7 Å². The molecular weight excluding hydrogens is 310 g/mol. The van der Waals surface area contributed by atoms with Crippen LogP contribution in [0.25, 0.3) is 5.57 Å². The second-order valence-corrected chi connectivity index (χ2v) is 6.94. The fraction of sp³-hybridized carbons (Fsp3) is 0.364. The Balaban J connectivity index is 1.54. The van der Waals surface area contributed by atoms with Crippen LogP contribution < -0.4 is 0 Å². The second kappa shape index (κ2) is 7.52. The zero-order valence-electron chi connectivity index (χ0n) is 14.7. The van der Waals surface area contributed by atoms with Crippen LogP contribution in [-0.2, 0) is 22.6 Å². The van der Waals surface area contributed by atoms with Gasteiger partial charge in [-0.25, -0.2) is 0 Å². The first-order valence-electron chi connectivity index (χ1n) is 9.00. The Morgan fingerprint density at radius 3 is 2.52 bits per heavy atom. The highest BCUT2D eigenvalue weighted by atomic mass is 16.5. The number of nitrogens with zero attached hydrogens (tertiary/aromatic N) is 1. The van der Waals surface area contributed by atoms with E-state index in [0.717, 1.165) is 26.2 Å². The van der Waals surface area contributed by atoms with E-state index in [1.165, 1.54) is 22.3 Å². The molecule has 0 aliphatic carbocycles. The van der Waals surface area contributed by atoms with Crippen molar-refractivity contribution in [3.8, 4) is 0 Å². The Hall–Kier alpha value is -1.94. The van der Waals surface area contributed by atoms with Crippen molar-refractivity contribution in [3.05, 3.63) is 77.4 Å². The zero-order valence-corrected chi connectivity index (χ0v) is 14.7. The van der Waals surface area contributed by atoms with Gasteiger partial charge in [-0.15, -0.1) is 0 Å². The summed E-state index contributed by atoms with van der Waals surface area (Å²) in [6.45, 7) is 3.27. The molecule has 2 aromatic carbocycles. The molecule has 25 heavy (non-hydrogen) atoms. The smallest absolute Gasteiger partial charge is 0.0713 e. The Bertz CT molecular complexity index is 723. The van der Waals surface area contributed by atoms with Gasteiger partial charge in [0, 0.05) is 19.7 Å². The molecule has 1 saturated heterocycles. The third kappa shape index (κ3) is 3.69. The van der Waals surface area contributed by atoms with Crippen molar-refractivity contribution in [2.75, 3.05) is 20.3 Å². The van der Waals surface area contributed by atoms with Gasteiger partial charge in [-0.1, -0.05) is 60.7 Å². The highest BCUT2D eigenvalue weighted by Crippen LogP contribution is 2.33. The van der Waals surface area contributed by atoms with Crippen molar-refractivity contribution in [1.29, 1.82) is 0 Å². The number of methoxy groups -OCH3 is 1. The number of hydrogen-bond donors (Lipinski definition) is 0. The molecule has 3 heteroatoms. The number of rotatable bonds is 5. The first kappa shape index (κ1) is 16.5. The van der Waals surface area contributed by atoms with Crippen molar-refractivity contribution in [3.63, 3.8) is 0 Å². The van der Waals surface area contributed by atoms with Crippen LogP contribution in [0.3, 0.4) is 0 Å². The first-order valence-corrected chi connectivity index (χ1v) is 9.00. The van der Waals surface area contributed by atoms with Crippen LogP contribution >= 0.6 is 0 Å². The van der Waals surface area contributed by atoms with Crippen molar-refractivity contribution in [2.45, 2.75) is 31.7 Å². The largest absolute Gasteiger partial charge is 0.380 e. The summed E-state index contributed by atoms with van der Waals surface area (Å²) in [5.74, 6) is 0. The molecule has 0 spiro atoms. The highest BCUT2D eigenvalue weighted by molar-refractivity contribution is 5.68. The van der Waals surface area contributed by atoms with Crippen LogP contribution in [-0.4, -0.2) is 37.3 Å².